The minimum absolute atomic E-state index is 0.160. The third kappa shape index (κ3) is 4.90. The summed E-state index contributed by atoms with van der Waals surface area (Å²) in [4.78, 5) is 12.8. The SMILES string of the molecule is CCCCCc1ccc([C@]2(O)CC(C(F)(F)F)=NN2C(=O)Cc2ccccc2)cc1. The Hall–Kier alpha value is -2.67. The Morgan fingerprint density at radius 1 is 1.07 bits per heavy atom. The van der Waals surface area contributed by atoms with E-state index in [-0.39, 0.29) is 12.0 Å². The normalized spacial score (nSPS) is 19.1. The molecule has 2 aromatic rings. The monoisotopic (exact) mass is 418 g/mol. The minimum atomic E-state index is -4.73. The number of rotatable bonds is 7. The summed E-state index contributed by atoms with van der Waals surface area (Å²) in [6.07, 6.45) is -1.63. The highest BCUT2D eigenvalue weighted by Crippen LogP contribution is 2.40. The van der Waals surface area contributed by atoms with E-state index in [9.17, 15) is 23.1 Å². The highest BCUT2D eigenvalue weighted by Gasteiger charge is 2.52. The van der Waals surface area contributed by atoms with Crippen molar-refractivity contribution in [1.29, 1.82) is 0 Å². The quantitative estimate of drug-likeness (QED) is 0.647. The number of hydrogen-bond donors (Lipinski definition) is 1. The average Bonchev–Trinajstić information content (AvgIpc) is 3.09. The predicted molar refractivity (Wildman–Crippen MR) is 109 cm³/mol. The second-order valence-corrected chi connectivity index (χ2v) is 7.56. The van der Waals surface area contributed by atoms with E-state index in [1.54, 1.807) is 54.6 Å². The average molecular weight is 418 g/mol. The smallest absolute Gasteiger partial charge is 0.365 e. The molecule has 0 aliphatic carbocycles. The largest absolute Gasteiger partial charge is 0.431 e. The van der Waals surface area contributed by atoms with Crippen LogP contribution in [0.25, 0.3) is 0 Å². The Balaban J connectivity index is 1.87. The summed E-state index contributed by atoms with van der Waals surface area (Å²) in [6, 6.07) is 15.4. The van der Waals surface area contributed by atoms with E-state index in [1.807, 2.05) is 0 Å². The topological polar surface area (TPSA) is 52.9 Å². The van der Waals surface area contributed by atoms with Crippen molar-refractivity contribution in [2.24, 2.45) is 5.10 Å². The maximum Gasteiger partial charge on any atom is 0.431 e. The number of alkyl halides is 3. The van der Waals surface area contributed by atoms with E-state index in [4.69, 9.17) is 0 Å². The summed E-state index contributed by atoms with van der Waals surface area (Å²) in [6.45, 7) is 2.11. The molecule has 1 aliphatic heterocycles. The van der Waals surface area contributed by atoms with Gasteiger partial charge in [-0.2, -0.15) is 23.3 Å². The molecule has 160 valence electrons. The maximum absolute atomic E-state index is 13.3. The molecular weight excluding hydrogens is 393 g/mol. The number of carbonyl (C=O) groups excluding carboxylic acids is 1. The van der Waals surface area contributed by atoms with Crippen LogP contribution in [0.4, 0.5) is 13.2 Å². The van der Waals surface area contributed by atoms with Crippen molar-refractivity contribution in [3.05, 3.63) is 71.3 Å². The number of carbonyl (C=O) groups is 1. The number of unbranched alkanes of at least 4 members (excludes halogenated alkanes) is 2. The predicted octanol–water partition coefficient (Wildman–Crippen LogP) is 4.96. The van der Waals surface area contributed by atoms with Gasteiger partial charge in [-0.25, -0.2) is 0 Å². The van der Waals surface area contributed by atoms with Crippen LogP contribution in [0.2, 0.25) is 0 Å². The zero-order valence-corrected chi connectivity index (χ0v) is 16.8. The van der Waals surface area contributed by atoms with Crippen LogP contribution in [0.5, 0.6) is 0 Å². The van der Waals surface area contributed by atoms with Crippen LogP contribution in [0.3, 0.4) is 0 Å². The third-order valence-electron chi connectivity index (χ3n) is 5.23. The van der Waals surface area contributed by atoms with Crippen molar-refractivity contribution in [2.45, 2.75) is 57.3 Å². The fraction of sp³-hybridized carbons (Fsp3) is 0.391. The Morgan fingerprint density at radius 2 is 1.73 bits per heavy atom. The first-order valence-corrected chi connectivity index (χ1v) is 10.1. The molecule has 1 heterocycles. The van der Waals surface area contributed by atoms with Crippen LogP contribution in [0.1, 0.15) is 49.3 Å². The van der Waals surface area contributed by atoms with E-state index in [0.29, 0.717) is 10.6 Å². The van der Waals surface area contributed by atoms with Crippen molar-refractivity contribution in [3.63, 3.8) is 0 Å². The highest BCUT2D eigenvalue weighted by molar-refractivity contribution is 5.95. The summed E-state index contributed by atoms with van der Waals surface area (Å²) in [5.41, 5.74) is -1.46. The molecule has 1 atom stereocenters. The molecule has 3 rings (SSSR count). The first kappa shape index (κ1) is 22.0. The lowest BCUT2D eigenvalue weighted by molar-refractivity contribution is -0.157. The number of hydrogen-bond acceptors (Lipinski definition) is 3. The van der Waals surface area contributed by atoms with E-state index >= 15 is 0 Å². The molecule has 0 spiro atoms. The number of aliphatic hydroxyl groups is 1. The van der Waals surface area contributed by atoms with E-state index < -0.39 is 29.9 Å². The van der Waals surface area contributed by atoms with Gasteiger partial charge in [0.05, 0.1) is 12.8 Å². The van der Waals surface area contributed by atoms with Crippen LogP contribution < -0.4 is 0 Å². The molecule has 0 saturated carbocycles. The van der Waals surface area contributed by atoms with Gasteiger partial charge in [0.15, 0.2) is 5.72 Å². The van der Waals surface area contributed by atoms with Crippen LogP contribution in [0.15, 0.2) is 59.7 Å². The molecule has 1 amide bonds. The molecule has 7 heteroatoms. The van der Waals surface area contributed by atoms with E-state index in [0.717, 1.165) is 31.2 Å². The molecule has 0 radical (unpaired) electrons. The maximum atomic E-state index is 13.3. The van der Waals surface area contributed by atoms with Crippen molar-refractivity contribution >= 4 is 11.6 Å². The molecule has 1 N–H and O–H groups in total. The fourth-order valence-corrected chi connectivity index (χ4v) is 3.55. The number of aryl methyl sites for hydroxylation is 1. The number of amides is 1. The third-order valence-corrected chi connectivity index (χ3v) is 5.23. The van der Waals surface area contributed by atoms with Gasteiger partial charge in [0.1, 0.15) is 5.71 Å². The second-order valence-electron chi connectivity index (χ2n) is 7.56. The lowest BCUT2D eigenvalue weighted by Crippen LogP contribution is -2.44. The molecule has 4 nitrogen and oxygen atoms in total. The molecule has 30 heavy (non-hydrogen) atoms. The van der Waals surface area contributed by atoms with Crippen LogP contribution in [0, 0.1) is 0 Å². The van der Waals surface area contributed by atoms with Gasteiger partial charge in [0.25, 0.3) is 0 Å². The summed E-state index contributed by atoms with van der Waals surface area (Å²) in [5.74, 6) is -0.699. The van der Waals surface area contributed by atoms with Crippen molar-refractivity contribution in [2.75, 3.05) is 0 Å². The van der Waals surface area contributed by atoms with Gasteiger partial charge in [-0.05, 0) is 24.0 Å². The van der Waals surface area contributed by atoms with Gasteiger partial charge >= 0.3 is 6.18 Å². The summed E-state index contributed by atoms with van der Waals surface area (Å²) in [7, 11) is 0. The van der Waals surface area contributed by atoms with Gasteiger partial charge < -0.3 is 5.11 Å². The molecule has 1 aliphatic rings. The molecule has 0 saturated heterocycles. The van der Waals surface area contributed by atoms with E-state index in [2.05, 4.69) is 12.0 Å². The Morgan fingerprint density at radius 3 is 2.33 bits per heavy atom. The van der Waals surface area contributed by atoms with Crippen LogP contribution in [-0.2, 0) is 23.4 Å². The number of benzene rings is 2. The minimum Gasteiger partial charge on any atom is -0.365 e. The number of halogens is 3. The molecule has 2 aromatic carbocycles. The Kier molecular flexibility index (Phi) is 6.61. The number of hydrazone groups is 1. The first-order chi connectivity index (χ1) is 14.2. The Bertz CT molecular complexity index is 895. The lowest BCUT2D eigenvalue weighted by atomic mass is 9.94. The second kappa shape index (κ2) is 9.00. The van der Waals surface area contributed by atoms with Gasteiger partial charge in [0.2, 0.25) is 5.91 Å². The van der Waals surface area contributed by atoms with Crippen molar-refractivity contribution in [1.82, 2.24) is 5.01 Å². The Labute approximate surface area is 174 Å². The van der Waals surface area contributed by atoms with Gasteiger partial charge in [-0.15, -0.1) is 0 Å². The molecular formula is C23H25F3N2O2. The summed E-state index contributed by atoms with van der Waals surface area (Å²) < 4.78 is 40.0. The molecule has 0 aromatic heterocycles. The lowest BCUT2D eigenvalue weighted by Gasteiger charge is -2.31. The zero-order chi connectivity index (χ0) is 21.8. The van der Waals surface area contributed by atoms with E-state index in [1.165, 1.54) is 0 Å². The standard InChI is InChI=1S/C23H25F3N2O2/c1-2-3-5-8-17-11-13-19(14-12-17)22(30)16-20(23(24,25)26)27-28(22)21(29)15-18-9-6-4-7-10-18/h4,6-7,9-14,30H,2-3,5,8,15-16H2,1H3/t22-/m1/s1. The van der Waals surface area contributed by atoms with Gasteiger partial charge in [0, 0.05) is 5.56 Å². The zero-order valence-electron chi connectivity index (χ0n) is 16.8. The van der Waals surface area contributed by atoms with Crippen LogP contribution >= 0.6 is 0 Å². The molecule has 0 fully saturated rings. The molecule has 0 unspecified atom stereocenters. The van der Waals surface area contributed by atoms with Gasteiger partial charge in [-0.3, -0.25) is 4.79 Å². The van der Waals surface area contributed by atoms with Crippen molar-refractivity contribution in [3.8, 4) is 0 Å². The summed E-state index contributed by atoms with van der Waals surface area (Å²) in [5, 5.41) is 15.3. The number of nitrogens with zero attached hydrogens (tertiary/aromatic N) is 2. The first-order valence-electron chi connectivity index (χ1n) is 10.1. The summed E-state index contributed by atoms with van der Waals surface area (Å²) >= 11 is 0. The van der Waals surface area contributed by atoms with Crippen molar-refractivity contribution < 1.29 is 23.1 Å². The highest BCUT2D eigenvalue weighted by atomic mass is 19.4. The fourth-order valence-electron chi connectivity index (χ4n) is 3.55. The molecule has 0 bridgehead atoms. The van der Waals surface area contributed by atoms with Crippen LogP contribution in [-0.4, -0.2) is 27.9 Å². The van der Waals surface area contributed by atoms with Gasteiger partial charge in [-0.1, -0.05) is 74.4 Å².